The molecule has 1 aromatic carbocycles. The molecule has 0 aliphatic carbocycles. The molecule has 0 fully saturated rings. The van der Waals surface area contributed by atoms with Gasteiger partial charge < -0.3 is 16.5 Å². The van der Waals surface area contributed by atoms with E-state index in [4.69, 9.17) is 16.5 Å². The van der Waals surface area contributed by atoms with E-state index in [0.29, 0.717) is 0 Å². The van der Waals surface area contributed by atoms with Crippen LogP contribution in [0.2, 0.25) is 0 Å². The van der Waals surface area contributed by atoms with Crippen LogP contribution in [0.3, 0.4) is 0 Å². The van der Waals surface area contributed by atoms with Crippen molar-refractivity contribution in [3.63, 3.8) is 0 Å². The number of allylic oxidation sites excluding steroid dienone is 1. The fourth-order valence-electron chi connectivity index (χ4n) is 3.53. The van der Waals surface area contributed by atoms with Crippen LogP contribution in [0.15, 0.2) is 34.5 Å². The molecule has 7 heteroatoms. The Bertz CT molecular complexity index is 1130. The van der Waals surface area contributed by atoms with Crippen LogP contribution in [-0.2, 0) is 0 Å². The Hall–Kier alpha value is -2.00. The summed E-state index contributed by atoms with van der Waals surface area (Å²) >= 11 is 2.30. The Kier molecular flexibility index (Phi) is 6.04. The summed E-state index contributed by atoms with van der Waals surface area (Å²) in [5.41, 5.74) is 22.3. The number of nitrogens with one attached hydrogen (secondary N) is 1. The molecule has 0 aliphatic rings. The third-order valence-electron chi connectivity index (χ3n) is 5.31. The van der Waals surface area contributed by atoms with Crippen molar-refractivity contribution in [1.82, 2.24) is 9.97 Å². The Morgan fingerprint density at radius 1 is 1.25 bits per heavy atom. The number of nitrogen functional groups attached to an aromatic ring is 1. The van der Waals surface area contributed by atoms with E-state index in [2.05, 4.69) is 57.2 Å². The molecule has 0 atom stereocenters. The number of hydrogen-bond acceptors (Lipinski definition) is 5. The summed E-state index contributed by atoms with van der Waals surface area (Å²) in [4.78, 5) is 12.5. The first-order valence-electron chi connectivity index (χ1n) is 8.87. The monoisotopic (exact) mass is 505 g/mol. The van der Waals surface area contributed by atoms with Crippen LogP contribution in [0.4, 0.5) is 5.69 Å². The van der Waals surface area contributed by atoms with Crippen molar-refractivity contribution in [2.24, 2.45) is 10.7 Å². The molecule has 28 heavy (non-hydrogen) atoms. The van der Waals surface area contributed by atoms with Crippen molar-refractivity contribution < 1.29 is 0 Å². The average Bonchev–Trinajstić information content (AvgIpc) is 3.07. The Morgan fingerprint density at radius 3 is 2.57 bits per heavy atom. The van der Waals surface area contributed by atoms with E-state index < -0.39 is 0 Å². The molecule has 3 rings (SSSR count). The molecule has 0 amide bonds. The molecule has 146 valence electrons. The van der Waals surface area contributed by atoms with Crippen LogP contribution in [-0.4, -0.2) is 22.7 Å². The number of H-pyrrole nitrogens is 1. The number of rotatable bonds is 4. The smallest absolute Gasteiger partial charge is 0.139 e. The van der Waals surface area contributed by atoms with Crippen LogP contribution >= 0.6 is 30.1 Å². The molecule has 5 nitrogen and oxygen atoms in total. The maximum absolute atomic E-state index is 6.34. The van der Waals surface area contributed by atoms with Gasteiger partial charge in [0.1, 0.15) is 5.65 Å². The molecular weight excluding hydrogens is 481 g/mol. The summed E-state index contributed by atoms with van der Waals surface area (Å²) in [6.45, 7) is 8.17. The number of pyridine rings is 1. The van der Waals surface area contributed by atoms with Gasteiger partial charge in [0.25, 0.3) is 0 Å². The van der Waals surface area contributed by atoms with Gasteiger partial charge in [-0.2, -0.15) is 0 Å². The van der Waals surface area contributed by atoms with E-state index in [1.807, 2.05) is 20.0 Å². The number of anilines is 1. The molecule has 0 spiro atoms. The van der Waals surface area contributed by atoms with Gasteiger partial charge in [0.05, 0.1) is 5.03 Å². The van der Waals surface area contributed by atoms with E-state index in [1.54, 1.807) is 22.2 Å². The summed E-state index contributed by atoms with van der Waals surface area (Å²) in [6, 6.07) is 4.22. The molecule has 5 N–H and O–H groups in total. The van der Waals surface area contributed by atoms with E-state index in [1.165, 1.54) is 0 Å². The van der Waals surface area contributed by atoms with E-state index >= 15 is 0 Å². The Balaban J connectivity index is 2.41. The predicted octanol–water partition coefficient (Wildman–Crippen LogP) is 5.57. The van der Waals surface area contributed by atoms with Crippen LogP contribution < -0.4 is 11.5 Å². The standard InChI is InChI=1S/C21H24IN5S/c1-10-6-7-14(12(3)19(10)24)18-17-11(2)16(15(8-23)13(4)25-5)9-26-20(17)27-21(18)28-22/h6-9H,23-24H2,1-5H3,(H,26,27)/b15-8+,25-13?. The van der Waals surface area contributed by atoms with Crippen LogP contribution in [0.1, 0.15) is 29.2 Å². The molecule has 0 radical (unpaired) electrons. The number of fused-ring (bicyclic) bond motifs is 1. The third kappa shape index (κ3) is 3.30. The van der Waals surface area contributed by atoms with Crippen molar-refractivity contribution in [2.75, 3.05) is 12.8 Å². The van der Waals surface area contributed by atoms with Crippen LogP contribution in [0, 0.1) is 20.8 Å². The number of benzene rings is 1. The number of hydrogen-bond donors (Lipinski definition) is 3. The molecule has 2 heterocycles. The fraction of sp³-hybridized carbons (Fsp3) is 0.238. The van der Waals surface area contributed by atoms with Gasteiger partial charge in [-0.15, -0.1) is 0 Å². The van der Waals surface area contributed by atoms with E-state index in [9.17, 15) is 0 Å². The van der Waals surface area contributed by atoms with Gasteiger partial charge in [-0.3, -0.25) is 4.99 Å². The second kappa shape index (κ2) is 8.16. The lowest BCUT2D eigenvalue weighted by Crippen LogP contribution is -2.03. The maximum Gasteiger partial charge on any atom is 0.139 e. The highest BCUT2D eigenvalue weighted by atomic mass is 127. The minimum atomic E-state index is 0.828. The van der Waals surface area contributed by atoms with Gasteiger partial charge in [-0.1, -0.05) is 12.1 Å². The largest absolute Gasteiger partial charge is 0.404 e. The van der Waals surface area contributed by atoms with Crippen LogP contribution in [0.5, 0.6) is 0 Å². The van der Waals surface area contributed by atoms with Gasteiger partial charge in [0, 0.05) is 74.1 Å². The molecule has 2 aromatic heterocycles. The predicted molar refractivity (Wildman–Crippen MR) is 131 cm³/mol. The lowest BCUT2D eigenvalue weighted by Gasteiger charge is -2.14. The lowest BCUT2D eigenvalue weighted by molar-refractivity contribution is 1.20. The number of aryl methyl sites for hydroxylation is 2. The van der Waals surface area contributed by atoms with Gasteiger partial charge in [-0.25, -0.2) is 4.98 Å². The fourth-order valence-corrected chi connectivity index (χ4v) is 4.95. The normalized spacial score (nSPS) is 12.8. The van der Waals surface area contributed by atoms with Crippen molar-refractivity contribution in [2.45, 2.75) is 32.7 Å². The van der Waals surface area contributed by atoms with Crippen molar-refractivity contribution in [3.05, 3.63) is 46.8 Å². The van der Waals surface area contributed by atoms with Gasteiger partial charge in [0.15, 0.2) is 0 Å². The zero-order valence-electron chi connectivity index (χ0n) is 16.6. The molecular formula is C21H24IN5S. The summed E-state index contributed by atoms with van der Waals surface area (Å²) in [5, 5.41) is 2.15. The topological polar surface area (TPSA) is 93.1 Å². The summed E-state index contributed by atoms with van der Waals surface area (Å²) < 4.78 is 0. The second-order valence-corrected chi connectivity index (χ2v) is 8.67. The number of aromatic amines is 1. The average molecular weight is 505 g/mol. The highest BCUT2D eigenvalue weighted by molar-refractivity contribution is 14.2. The minimum absolute atomic E-state index is 0.828. The maximum atomic E-state index is 6.34. The minimum Gasteiger partial charge on any atom is -0.404 e. The Labute approximate surface area is 181 Å². The summed E-state index contributed by atoms with van der Waals surface area (Å²) in [6.07, 6.45) is 3.47. The molecule has 0 aliphatic heterocycles. The number of nitrogens with two attached hydrogens (primary N) is 2. The van der Waals surface area contributed by atoms with Crippen molar-refractivity contribution >= 4 is 58.1 Å². The quantitative estimate of drug-likeness (QED) is 0.246. The lowest BCUT2D eigenvalue weighted by atomic mass is 9.92. The first kappa shape index (κ1) is 20.7. The van der Waals surface area contributed by atoms with Crippen molar-refractivity contribution in [3.8, 4) is 11.1 Å². The molecule has 0 unspecified atom stereocenters. The zero-order chi connectivity index (χ0) is 20.6. The summed E-state index contributed by atoms with van der Waals surface area (Å²) in [7, 11) is 3.41. The molecule has 0 bridgehead atoms. The first-order valence-corrected chi connectivity index (χ1v) is 12.2. The summed E-state index contributed by atoms with van der Waals surface area (Å²) in [5.74, 6) is 0. The second-order valence-electron chi connectivity index (χ2n) is 6.78. The molecule has 0 saturated heterocycles. The highest BCUT2D eigenvalue weighted by Crippen LogP contribution is 2.44. The van der Waals surface area contributed by atoms with Crippen LogP contribution in [0.25, 0.3) is 27.7 Å². The van der Waals surface area contributed by atoms with E-state index in [0.717, 1.165) is 66.4 Å². The number of halogens is 1. The molecule has 0 saturated carbocycles. The number of aliphatic imine (C=N–C) groups is 1. The van der Waals surface area contributed by atoms with Crippen molar-refractivity contribution in [1.29, 1.82) is 0 Å². The number of nitrogens with zero attached hydrogens (tertiary/aromatic N) is 2. The highest BCUT2D eigenvalue weighted by Gasteiger charge is 2.21. The van der Waals surface area contributed by atoms with E-state index in [-0.39, 0.29) is 0 Å². The number of aromatic nitrogens is 2. The van der Waals surface area contributed by atoms with Gasteiger partial charge in [0.2, 0.25) is 0 Å². The zero-order valence-corrected chi connectivity index (χ0v) is 19.6. The van der Waals surface area contributed by atoms with Gasteiger partial charge in [-0.05, 0) is 58.9 Å². The Morgan fingerprint density at radius 2 is 1.96 bits per heavy atom. The van der Waals surface area contributed by atoms with Gasteiger partial charge >= 0.3 is 0 Å². The first-order chi connectivity index (χ1) is 13.3. The third-order valence-corrected chi connectivity index (χ3v) is 7.09. The molecule has 3 aromatic rings. The SMILES string of the molecule is CN=C(C)/C(=C\N)c1cnc2[nH]c(SI)c(-c3ccc(C)c(N)c3C)c2c1C.